The fourth-order valence-electron chi connectivity index (χ4n) is 5.39. The number of rotatable bonds is 4. The maximum atomic E-state index is 5.94. The van der Waals surface area contributed by atoms with E-state index >= 15 is 0 Å². The van der Waals surface area contributed by atoms with Crippen molar-refractivity contribution in [2.24, 2.45) is 0 Å². The summed E-state index contributed by atoms with van der Waals surface area (Å²) in [7, 11) is 0. The van der Waals surface area contributed by atoms with E-state index in [4.69, 9.17) is 24.4 Å². The summed E-state index contributed by atoms with van der Waals surface area (Å²) in [5.41, 5.74) is 7.15. The third kappa shape index (κ3) is 4.55. The molecule has 0 saturated carbocycles. The minimum absolute atomic E-state index is 0.826. The van der Waals surface area contributed by atoms with Crippen LogP contribution in [0.5, 0.6) is 0 Å². The standard InChI is InChI=1S/C34H24N2S4/c37-33(35-29-13-5-1-9-25(29)26-10-2-6-14-30(26)35)39-21-23-17-19-24(20-18-23)22-40-34(38)36-31-15-7-3-11-27(31)28-12-4-8-16-32(28)36/h1-20H,21-22H2. The number of fused-ring (bicyclic) bond motifs is 6. The number of thioether (sulfide) groups is 2. The minimum atomic E-state index is 0.826. The molecule has 0 unspecified atom stereocenters. The number of thiocarbonyl (C=S) groups is 2. The molecule has 2 heterocycles. The second-order valence-electron chi connectivity index (χ2n) is 9.67. The lowest BCUT2D eigenvalue weighted by Crippen LogP contribution is -2.05. The molecule has 0 radical (unpaired) electrons. The van der Waals surface area contributed by atoms with Gasteiger partial charge in [0.1, 0.15) is 8.64 Å². The van der Waals surface area contributed by atoms with E-state index in [1.165, 1.54) is 32.7 Å². The van der Waals surface area contributed by atoms with Gasteiger partial charge in [-0.3, -0.25) is 9.13 Å². The summed E-state index contributed by atoms with van der Waals surface area (Å²) >= 11 is 15.3. The zero-order valence-electron chi connectivity index (χ0n) is 21.5. The molecule has 5 aromatic carbocycles. The molecule has 40 heavy (non-hydrogen) atoms. The van der Waals surface area contributed by atoms with Gasteiger partial charge in [-0.1, -0.05) is 145 Å². The van der Waals surface area contributed by atoms with Crippen LogP contribution in [0.25, 0.3) is 43.6 Å². The van der Waals surface area contributed by atoms with Gasteiger partial charge in [-0.25, -0.2) is 0 Å². The van der Waals surface area contributed by atoms with E-state index in [2.05, 4.69) is 130 Å². The molecule has 0 saturated heterocycles. The predicted molar refractivity (Wildman–Crippen MR) is 184 cm³/mol. The molecule has 0 aliphatic carbocycles. The molecule has 7 aromatic rings. The Kier molecular flexibility index (Phi) is 6.94. The highest BCUT2D eigenvalue weighted by atomic mass is 32.2. The van der Waals surface area contributed by atoms with Gasteiger partial charge in [0.05, 0.1) is 22.1 Å². The Morgan fingerprint density at radius 3 is 1.00 bits per heavy atom. The van der Waals surface area contributed by atoms with Crippen LogP contribution in [0.3, 0.4) is 0 Å². The molecule has 0 N–H and O–H groups in total. The molecule has 0 aliphatic rings. The third-order valence-electron chi connectivity index (χ3n) is 7.27. The van der Waals surface area contributed by atoms with Crippen LogP contribution in [0.4, 0.5) is 0 Å². The SMILES string of the molecule is S=C(SCc1ccc(CSC(=S)n2c3ccccc3c3ccccc32)cc1)n1c2ccccc2c2ccccc21. The first-order valence-corrected chi connectivity index (χ1v) is 15.9. The first-order chi connectivity index (χ1) is 19.7. The summed E-state index contributed by atoms with van der Waals surface area (Å²) in [4.78, 5) is 0. The van der Waals surface area contributed by atoms with Crippen LogP contribution in [0, 0.1) is 0 Å². The van der Waals surface area contributed by atoms with Gasteiger partial charge in [0, 0.05) is 33.1 Å². The number of hydrogen-bond acceptors (Lipinski definition) is 4. The average Bonchev–Trinajstić information content (AvgIpc) is 3.52. The van der Waals surface area contributed by atoms with Crippen molar-refractivity contribution in [3.63, 3.8) is 0 Å². The zero-order valence-corrected chi connectivity index (χ0v) is 24.8. The van der Waals surface area contributed by atoms with Crippen molar-refractivity contribution in [3.05, 3.63) is 132 Å². The first-order valence-electron chi connectivity index (χ1n) is 13.1. The molecule has 2 aromatic heterocycles. The van der Waals surface area contributed by atoms with E-state index < -0.39 is 0 Å². The summed E-state index contributed by atoms with van der Waals surface area (Å²) in [5.74, 6) is 1.65. The van der Waals surface area contributed by atoms with E-state index in [1.807, 2.05) is 0 Å². The lowest BCUT2D eigenvalue weighted by Gasteiger charge is -2.10. The Morgan fingerprint density at radius 1 is 0.425 bits per heavy atom. The molecule has 194 valence electrons. The Morgan fingerprint density at radius 2 is 0.700 bits per heavy atom. The van der Waals surface area contributed by atoms with Crippen LogP contribution in [0.15, 0.2) is 121 Å². The largest absolute Gasteiger partial charge is 0.295 e. The van der Waals surface area contributed by atoms with Crippen molar-refractivity contribution in [3.8, 4) is 0 Å². The van der Waals surface area contributed by atoms with Gasteiger partial charge in [0.15, 0.2) is 0 Å². The van der Waals surface area contributed by atoms with E-state index in [0.29, 0.717) is 0 Å². The molecular formula is C34H24N2S4. The van der Waals surface area contributed by atoms with Crippen molar-refractivity contribution in [2.75, 3.05) is 0 Å². The summed E-state index contributed by atoms with van der Waals surface area (Å²) in [6, 6.07) is 42.8. The van der Waals surface area contributed by atoms with Gasteiger partial charge in [-0.2, -0.15) is 0 Å². The van der Waals surface area contributed by atoms with Gasteiger partial charge in [-0.05, 0) is 35.4 Å². The molecule has 6 heteroatoms. The van der Waals surface area contributed by atoms with E-state index in [-0.39, 0.29) is 0 Å². The fraction of sp³-hybridized carbons (Fsp3) is 0.0588. The van der Waals surface area contributed by atoms with Crippen molar-refractivity contribution >= 4 is 100 Å². The lowest BCUT2D eigenvalue weighted by atomic mass is 10.2. The summed E-state index contributed by atoms with van der Waals surface area (Å²) < 4.78 is 6.17. The van der Waals surface area contributed by atoms with Gasteiger partial charge >= 0.3 is 0 Å². The second kappa shape index (κ2) is 10.9. The van der Waals surface area contributed by atoms with Gasteiger partial charge < -0.3 is 0 Å². The number of hydrogen-bond donors (Lipinski definition) is 0. The topological polar surface area (TPSA) is 9.86 Å². The Hall–Kier alpha value is -3.42. The van der Waals surface area contributed by atoms with E-state index in [1.54, 1.807) is 23.5 Å². The average molecular weight is 589 g/mol. The number of para-hydroxylation sites is 4. The van der Waals surface area contributed by atoms with Gasteiger partial charge in [0.25, 0.3) is 0 Å². The molecule has 0 spiro atoms. The van der Waals surface area contributed by atoms with Gasteiger partial charge in [-0.15, -0.1) is 0 Å². The number of aromatic nitrogens is 2. The smallest absolute Gasteiger partial charge is 0.145 e. The van der Waals surface area contributed by atoms with Crippen molar-refractivity contribution < 1.29 is 0 Å². The van der Waals surface area contributed by atoms with Crippen LogP contribution in [0.2, 0.25) is 0 Å². The lowest BCUT2D eigenvalue weighted by molar-refractivity contribution is 1.33. The van der Waals surface area contributed by atoms with Crippen LogP contribution in [-0.4, -0.2) is 17.8 Å². The normalized spacial score (nSPS) is 11.6. The molecule has 7 rings (SSSR count). The predicted octanol–water partition coefficient (Wildman–Crippen LogP) is 10.0. The highest BCUT2D eigenvalue weighted by Gasteiger charge is 2.15. The molecule has 0 bridgehead atoms. The summed E-state index contributed by atoms with van der Waals surface area (Å²) in [5, 5.41) is 4.95. The van der Waals surface area contributed by atoms with E-state index in [0.717, 1.165) is 42.2 Å². The minimum Gasteiger partial charge on any atom is -0.295 e. The Balaban J connectivity index is 1.04. The zero-order chi connectivity index (χ0) is 27.1. The van der Waals surface area contributed by atoms with Gasteiger partial charge in [0.2, 0.25) is 0 Å². The highest BCUT2D eigenvalue weighted by molar-refractivity contribution is 8.22. The third-order valence-corrected chi connectivity index (χ3v) is 10.2. The molecule has 2 nitrogen and oxygen atoms in total. The van der Waals surface area contributed by atoms with Crippen molar-refractivity contribution in [2.45, 2.75) is 11.5 Å². The second-order valence-corrected chi connectivity index (χ2v) is 12.9. The van der Waals surface area contributed by atoms with Crippen LogP contribution >= 0.6 is 48.0 Å². The maximum Gasteiger partial charge on any atom is 0.145 e. The molecule has 0 fully saturated rings. The van der Waals surface area contributed by atoms with Crippen molar-refractivity contribution in [1.82, 2.24) is 9.13 Å². The van der Waals surface area contributed by atoms with Crippen molar-refractivity contribution in [1.29, 1.82) is 0 Å². The maximum absolute atomic E-state index is 5.94. The molecule has 0 amide bonds. The number of nitrogens with zero attached hydrogens (tertiary/aromatic N) is 2. The molecular weight excluding hydrogens is 565 g/mol. The summed E-state index contributed by atoms with van der Waals surface area (Å²) in [6.45, 7) is 0. The first kappa shape index (κ1) is 25.5. The summed E-state index contributed by atoms with van der Waals surface area (Å²) in [6.07, 6.45) is 0. The fourth-order valence-corrected chi connectivity index (χ4v) is 7.75. The molecule has 0 aliphatic heterocycles. The Labute approximate surface area is 252 Å². The van der Waals surface area contributed by atoms with E-state index in [9.17, 15) is 0 Å². The quantitative estimate of drug-likeness (QED) is 0.189. The number of benzene rings is 5. The Bertz CT molecular complexity index is 1800. The highest BCUT2D eigenvalue weighted by Crippen LogP contribution is 2.33. The molecule has 0 atom stereocenters. The van der Waals surface area contributed by atoms with Crippen LogP contribution in [0.1, 0.15) is 11.1 Å². The van der Waals surface area contributed by atoms with Crippen LogP contribution in [-0.2, 0) is 11.5 Å². The van der Waals surface area contributed by atoms with Crippen LogP contribution < -0.4 is 0 Å². The monoisotopic (exact) mass is 588 g/mol.